The van der Waals surface area contributed by atoms with Crippen molar-refractivity contribution in [3.8, 4) is 0 Å². The highest BCUT2D eigenvalue weighted by Crippen LogP contribution is 2.47. The zero-order valence-electron chi connectivity index (χ0n) is 31.3. The van der Waals surface area contributed by atoms with E-state index in [4.69, 9.17) is 22.8 Å². The predicted octanol–water partition coefficient (Wildman–Crippen LogP) is 9.38. The van der Waals surface area contributed by atoms with Crippen LogP contribution in [0.3, 0.4) is 0 Å². The smallest absolute Gasteiger partial charge is 0.407 e. The number of non-ortho nitro benzene ring substituents is 1. The van der Waals surface area contributed by atoms with Gasteiger partial charge in [-0.1, -0.05) is 65.0 Å². The van der Waals surface area contributed by atoms with Gasteiger partial charge in [-0.2, -0.15) is 0 Å². The molecule has 0 aliphatic heterocycles. The molecule has 284 valence electrons. The third kappa shape index (κ3) is 14.4. The maximum Gasteiger partial charge on any atom is 0.407 e. The van der Waals surface area contributed by atoms with Gasteiger partial charge in [0.05, 0.1) is 28.9 Å². The number of fused-ring (bicyclic) bond motifs is 1. The SMILES string of the molecule is CC[Si](CC)(CC)O[C@H](/C=C/CCCCCCCCCNc1ccc([N+](=O)[O-])c2nonc12)[C@@H](CCP(=O)(OC)OC)NC(=O)OC(C)(C)C. The molecule has 1 aromatic carbocycles. The molecule has 0 saturated carbocycles. The molecule has 0 fully saturated rings. The third-order valence-corrected chi connectivity index (χ3v) is 15.5. The van der Waals surface area contributed by atoms with E-state index >= 15 is 0 Å². The summed E-state index contributed by atoms with van der Waals surface area (Å²) in [6, 6.07) is 5.43. The van der Waals surface area contributed by atoms with Crippen molar-refractivity contribution < 1.29 is 37.1 Å². The highest BCUT2D eigenvalue weighted by atomic mass is 31.2. The van der Waals surface area contributed by atoms with Gasteiger partial charge in [-0.3, -0.25) is 14.7 Å². The number of hydrogen-bond acceptors (Lipinski definition) is 12. The molecule has 0 radical (unpaired) electrons. The van der Waals surface area contributed by atoms with E-state index in [2.05, 4.69) is 53.9 Å². The standard InChI is InChI=1S/C34H60N5O9PSi/c1-9-50(10-2,11-3)47-30(27(24-26-49(43,44-7)45-8)36-33(40)46-34(4,5)6)21-19-17-15-13-12-14-16-18-20-25-35-28-22-23-29(39(41)42)32-31(28)37-48-38-32/h19,21-23,27,30,35H,9-18,20,24-26H2,1-8H3,(H,36,40)/b21-19+/t27-,30-/m1/s1. The summed E-state index contributed by atoms with van der Waals surface area (Å²) in [4.78, 5) is 23.6. The Hall–Kier alpha value is -2.84. The van der Waals surface area contributed by atoms with Crippen LogP contribution in [-0.4, -0.2) is 74.3 Å². The number of ether oxygens (including phenoxy) is 1. The molecular weight excluding hydrogens is 681 g/mol. The van der Waals surface area contributed by atoms with Crippen molar-refractivity contribution in [1.82, 2.24) is 15.6 Å². The van der Waals surface area contributed by atoms with Crippen molar-refractivity contribution in [2.24, 2.45) is 0 Å². The summed E-state index contributed by atoms with van der Waals surface area (Å²) in [6.07, 6.45) is 12.2. The van der Waals surface area contributed by atoms with Gasteiger partial charge in [-0.25, -0.2) is 9.42 Å². The summed E-state index contributed by atoms with van der Waals surface area (Å²) in [5, 5.41) is 25.0. The van der Waals surface area contributed by atoms with Crippen molar-refractivity contribution in [2.45, 2.75) is 135 Å². The van der Waals surface area contributed by atoms with Gasteiger partial charge in [0, 0.05) is 26.8 Å². The summed E-state index contributed by atoms with van der Waals surface area (Å²) in [6.45, 7) is 12.7. The molecule has 16 heteroatoms. The van der Waals surface area contributed by atoms with Crippen molar-refractivity contribution in [3.05, 3.63) is 34.4 Å². The lowest BCUT2D eigenvalue weighted by Gasteiger charge is -2.36. The molecule has 2 N–H and O–H groups in total. The molecule has 14 nitrogen and oxygen atoms in total. The number of nitrogens with zero attached hydrogens (tertiary/aromatic N) is 3. The number of allylic oxidation sites excluding steroid dienone is 1. The quantitative estimate of drug-likeness (QED) is 0.0246. The molecule has 50 heavy (non-hydrogen) atoms. The van der Waals surface area contributed by atoms with Crippen molar-refractivity contribution in [1.29, 1.82) is 0 Å². The number of unbranched alkanes of at least 4 members (excludes halogenated alkanes) is 7. The molecule has 0 unspecified atom stereocenters. The van der Waals surface area contributed by atoms with E-state index in [1.807, 2.05) is 20.8 Å². The second-order valence-electron chi connectivity index (χ2n) is 13.5. The van der Waals surface area contributed by atoms with E-state index in [9.17, 15) is 19.5 Å². The first kappa shape index (κ1) is 43.3. The largest absolute Gasteiger partial charge is 0.444 e. The Morgan fingerprint density at radius 1 is 1.00 bits per heavy atom. The summed E-state index contributed by atoms with van der Waals surface area (Å²) in [7, 11) is -2.65. The van der Waals surface area contributed by atoms with Crippen molar-refractivity contribution >= 4 is 44.4 Å². The fraction of sp³-hybridized carbons (Fsp3) is 0.735. The molecule has 0 bridgehead atoms. The number of alkyl carbamates (subject to hydrolysis) is 1. The van der Waals surface area contributed by atoms with Crippen LogP contribution in [0.5, 0.6) is 0 Å². The lowest BCUT2D eigenvalue weighted by molar-refractivity contribution is -0.383. The lowest BCUT2D eigenvalue weighted by Crippen LogP contribution is -2.50. The van der Waals surface area contributed by atoms with Gasteiger partial charge in [0.2, 0.25) is 5.52 Å². The third-order valence-electron chi connectivity index (χ3n) is 8.97. The average Bonchev–Trinajstić information content (AvgIpc) is 3.58. The maximum absolute atomic E-state index is 13.0. The van der Waals surface area contributed by atoms with E-state index in [1.54, 1.807) is 6.07 Å². The Labute approximate surface area is 298 Å². The normalized spacial score (nSPS) is 13.8. The lowest BCUT2D eigenvalue weighted by atomic mass is 10.1. The van der Waals surface area contributed by atoms with Gasteiger partial charge in [-0.05, 0) is 81.0 Å². The van der Waals surface area contributed by atoms with Crippen LogP contribution in [0.4, 0.5) is 16.2 Å². The number of nitro groups is 1. The number of amides is 1. The van der Waals surface area contributed by atoms with E-state index < -0.39 is 44.7 Å². The fourth-order valence-electron chi connectivity index (χ4n) is 5.74. The van der Waals surface area contributed by atoms with Crippen LogP contribution >= 0.6 is 7.60 Å². The summed E-state index contributed by atoms with van der Waals surface area (Å²) >= 11 is 0. The molecule has 0 spiro atoms. The summed E-state index contributed by atoms with van der Waals surface area (Å²) in [5.74, 6) is 0. The molecule has 0 saturated heterocycles. The molecule has 0 aliphatic carbocycles. The number of nitrogens with one attached hydrogen (secondary N) is 2. The monoisotopic (exact) mass is 741 g/mol. The Morgan fingerprint density at radius 2 is 1.60 bits per heavy atom. The Balaban J connectivity index is 1.89. The van der Waals surface area contributed by atoms with E-state index in [0.29, 0.717) is 17.6 Å². The Bertz CT molecular complexity index is 1380. The molecule has 1 amide bonds. The number of aromatic nitrogens is 2. The molecular formula is C34H60N5O9PSi. The second kappa shape index (κ2) is 21.5. The number of benzene rings is 1. The molecule has 1 heterocycles. The van der Waals surface area contributed by atoms with Crippen LogP contribution in [0.1, 0.15) is 99.3 Å². The summed E-state index contributed by atoms with van der Waals surface area (Å²) < 4.78 is 40.6. The predicted molar refractivity (Wildman–Crippen MR) is 199 cm³/mol. The maximum atomic E-state index is 13.0. The fourth-order valence-corrected chi connectivity index (χ4v) is 9.67. The Morgan fingerprint density at radius 3 is 2.18 bits per heavy atom. The van der Waals surface area contributed by atoms with Crippen LogP contribution in [0.2, 0.25) is 18.1 Å². The minimum Gasteiger partial charge on any atom is -0.444 e. The average molecular weight is 742 g/mol. The molecule has 0 aliphatic rings. The number of carbonyl (C=O) groups is 1. The zero-order chi connectivity index (χ0) is 37.2. The van der Waals surface area contributed by atoms with Gasteiger partial charge in [0.15, 0.2) is 13.8 Å². The van der Waals surface area contributed by atoms with Gasteiger partial charge >= 0.3 is 19.4 Å². The van der Waals surface area contributed by atoms with Gasteiger partial charge in [0.1, 0.15) is 5.60 Å². The number of hydrogen-bond donors (Lipinski definition) is 2. The van der Waals surface area contributed by atoms with Crippen molar-refractivity contribution in [3.63, 3.8) is 0 Å². The Kier molecular flexibility index (Phi) is 18.6. The minimum absolute atomic E-state index is 0.124. The molecule has 1 aromatic heterocycles. The zero-order valence-corrected chi connectivity index (χ0v) is 33.2. The highest BCUT2D eigenvalue weighted by molar-refractivity contribution is 7.53. The number of carbonyl (C=O) groups excluding carboxylic acids is 1. The number of anilines is 1. The first-order chi connectivity index (χ1) is 23.8. The number of rotatable bonds is 25. The topological polar surface area (TPSA) is 177 Å². The van der Waals surface area contributed by atoms with E-state index in [-0.39, 0.29) is 17.4 Å². The highest BCUT2D eigenvalue weighted by Gasteiger charge is 2.36. The second-order valence-corrected chi connectivity index (χ2v) is 20.7. The first-order valence-corrected chi connectivity index (χ1v) is 22.2. The van der Waals surface area contributed by atoms with E-state index in [0.717, 1.165) is 76.0 Å². The minimum atomic E-state index is -3.31. The van der Waals surface area contributed by atoms with E-state index in [1.165, 1.54) is 20.3 Å². The first-order valence-electron chi connectivity index (χ1n) is 17.9. The van der Waals surface area contributed by atoms with Crippen LogP contribution in [0, 0.1) is 10.1 Å². The van der Waals surface area contributed by atoms with Crippen LogP contribution in [0.25, 0.3) is 11.0 Å². The number of nitro benzene ring substituents is 1. The van der Waals surface area contributed by atoms with Crippen LogP contribution in [-0.2, 0) is 22.8 Å². The molecule has 2 atom stereocenters. The van der Waals surface area contributed by atoms with Crippen LogP contribution in [0.15, 0.2) is 28.9 Å². The van der Waals surface area contributed by atoms with Gasteiger partial charge in [-0.15, -0.1) is 0 Å². The molecule has 2 aromatic rings. The van der Waals surface area contributed by atoms with Gasteiger partial charge < -0.3 is 28.8 Å². The molecule has 2 rings (SSSR count). The van der Waals surface area contributed by atoms with Crippen LogP contribution < -0.4 is 10.6 Å². The van der Waals surface area contributed by atoms with Crippen molar-refractivity contribution in [2.75, 3.05) is 32.2 Å². The summed E-state index contributed by atoms with van der Waals surface area (Å²) in [5.41, 5.74) is 0.400. The van der Waals surface area contributed by atoms with Gasteiger partial charge in [0.25, 0.3) is 0 Å².